The lowest BCUT2D eigenvalue weighted by molar-refractivity contribution is 0.0393. The van der Waals surface area contributed by atoms with Crippen molar-refractivity contribution in [3.05, 3.63) is 29.8 Å². The zero-order valence-corrected chi connectivity index (χ0v) is 11.4. The number of morpholine rings is 1. The van der Waals surface area contributed by atoms with E-state index < -0.39 is 0 Å². The van der Waals surface area contributed by atoms with E-state index in [-0.39, 0.29) is 5.84 Å². The molecule has 5 heteroatoms. The maximum Gasteiger partial charge on any atom is 0.124 e. The lowest BCUT2D eigenvalue weighted by Gasteiger charge is -2.29. The third kappa shape index (κ3) is 3.68. The van der Waals surface area contributed by atoms with E-state index in [4.69, 9.17) is 15.9 Å². The first-order chi connectivity index (χ1) is 9.18. The summed E-state index contributed by atoms with van der Waals surface area (Å²) in [6.45, 7) is 5.59. The predicted octanol–water partition coefficient (Wildman–Crippen LogP) is 0.739. The number of hydrogen-bond donors (Lipinski definition) is 2. The number of anilines is 1. The SMILES string of the molecule is CN(CCN1CCOCC1)c1ccccc1C(=N)N. The molecule has 0 aliphatic carbocycles. The molecule has 1 aliphatic heterocycles. The zero-order chi connectivity index (χ0) is 13.7. The Labute approximate surface area is 114 Å². The van der Waals surface area contributed by atoms with Crippen molar-refractivity contribution in [1.29, 1.82) is 5.41 Å². The molecular formula is C14H22N4O. The Bertz CT molecular complexity index is 429. The Morgan fingerprint density at radius 2 is 2.05 bits per heavy atom. The first kappa shape index (κ1) is 13.8. The third-order valence-electron chi connectivity index (χ3n) is 3.46. The van der Waals surface area contributed by atoms with Gasteiger partial charge in [-0.25, -0.2) is 0 Å². The smallest absolute Gasteiger partial charge is 0.124 e. The third-order valence-corrected chi connectivity index (χ3v) is 3.46. The van der Waals surface area contributed by atoms with E-state index in [1.54, 1.807) is 0 Å². The van der Waals surface area contributed by atoms with Gasteiger partial charge in [-0.1, -0.05) is 12.1 Å². The Morgan fingerprint density at radius 3 is 2.74 bits per heavy atom. The highest BCUT2D eigenvalue weighted by Crippen LogP contribution is 2.18. The quantitative estimate of drug-likeness (QED) is 0.607. The first-order valence-electron chi connectivity index (χ1n) is 6.63. The van der Waals surface area contributed by atoms with E-state index in [9.17, 15) is 0 Å². The van der Waals surface area contributed by atoms with Crippen molar-refractivity contribution in [3.8, 4) is 0 Å². The highest BCUT2D eigenvalue weighted by atomic mass is 16.5. The van der Waals surface area contributed by atoms with Gasteiger partial charge < -0.3 is 15.4 Å². The fourth-order valence-electron chi connectivity index (χ4n) is 2.27. The van der Waals surface area contributed by atoms with Gasteiger partial charge in [0.05, 0.1) is 13.2 Å². The van der Waals surface area contributed by atoms with Crippen molar-refractivity contribution < 1.29 is 4.74 Å². The lowest BCUT2D eigenvalue weighted by Crippen LogP contribution is -2.41. The Morgan fingerprint density at radius 1 is 1.37 bits per heavy atom. The summed E-state index contributed by atoms with van der Waals surface area (Å²) in [4.78, 5) is 4.56. The van der Waals surface area contributed by atoms with Crippen molar-refractivity contribution in [2.45, 2.75) is 0 Å². The summed E-state index contributed by atoms with van der Waals surface area (Å²) in [6.07, 6.45) is 0. The molecule has 1 fully saturated rings. The molecule has 0 atom stereocenters. The molecule has 5 nitrogen and oxygen atoms in total. The number of nitrogens with two attached hydrogens (primary N) is 1. The number of amidine groups is 1. The summed E-state index contributed by atoms with van der Waals surface area (Å²) >= 11 is 0. The van der Waals surface area contributed by atoms with Gasteiger partial charge in [0.25, 0.3) is 0 Å². The van der Waals surface area contributed by atoms with Gasteiger partial charge in [-0.3, -0.25) is 10.3 Å². The van der Waals surface area contributed by atoms with Crippen LogP contribution in [0.15, 0.2) is 24.3 Å². The average molecular weight is 262 g/mol. The molecule has 0 aromatic heterocycles. The summed E-state index contributed by atoms with van der Waals surface area (Å²) < 4.78 is 5.34. The molecular weight excluding hydrogens is 240 g/mol. The Hall–Kier alpha value is -1.59. The Balaban J connectivity index is 1.95. The van der Waals surface area contributed by atoms with E-state index in [0.29, 0.717) is 0 Å². The van der Waals surface area contributed by atoms with Crippen LogP contribution in [-0.4, -0.2) is 57.2 Å². The van der Waals surface area contributed by atoms with Crippen molar-refractivity contribution in [1.82, 2.24) is 4.90 Å². The minimum Gasteiger partial charge on any atom is -0.384 e. The van der Waals surface area contributed by atoms with Crippen LogP contribution in [0.3, 0.4) is 0 Å². The molecule has 3 N–H and O–H groups in total. The van der Waals surface area contributed by atoms with Crippen LogP contribution in [-0.2, 0) is 4.74 Å². The topological polar surface area (TPSA) is 65.6 Å². The first-order valence-corrected chi connectivity index (χ1v) is 6.63. The second-order valence-electron chi connectivity index (χ2n) is 4.81. The van der Waals surface area contributed by atoms with Gasteiger partial charge in [0.15, 0.2) is 0 Å². The molecule has 1 heterocycles. The van der Waals surface area contributed by atoms with Gasteiger partial charge in [0.1, 0.15) is 5.84 Å². The fourth-order valence-corrected chi connectivity index (χ4v) is 2.27. The van der Waals surface area contributed by atoms with Crippen molar-refractivity contribution in [2.75, 3.05) is 51.3 Å². The van der Waals surface area contributed by atoms with Gasteiger partial charge in [-0.05, 0) is 12.1 Å². The molecule has 0 amide bonds. The molecule has 19 heavy (non-hydrogen) atoms. The zero-order valence-electron chi connectivity index (χ0n) is 11.4. The number of nitrogen functional groups attached to an aromatic ring is 1. The average Bonchev–Trinajstić information content (AvgIpc) is 2.46. The molecule has 0 unspecified atom stereocenters. The maximum atomic E-state index is 7.62. The molecule has 104 valence electrons. The highest BCUT2D eigenvalue weighted by Gasteiger charge is 2.13. The van der Waals surface area contributed by atoms with Gasteiger partial charge in [-0.2, -0.15) is 0 Å². The van der Waals surface area contributed by atoms with Crippen LogP contribution in [0.25, 0.3) is 0 Å². The maximum absolute atomic E-state index is 7.62. The second kappa shape index (κ2) is 6.54. The number of nitrogens with one attached hydrogen (secondary N) is 1. The van der Waals surface area contributed by atoms with E-state index >= 15 is 0 Å². The molecule has 2 rings (SSSR count). The summed E-state index contributed by atoms with van der Waals surface area (Å²) in [5.41, 5.74) is 7.44. The molecule has 1 saturated heterocycles. The van der Waals surface area contributed by atoms with E-state index in [1.807, 2.05) is 31.3 Å². The van der Waals surface area contributed by atoms with Crippen molar-refractivity contribution >= 4 is 11.5 Å². The van der Waals surface area contributed by atoms with Crippen LogP contribution >= 0.6 is 0 Å². The Kier molecular flexibility index (Phi) is 4.76. The van der Waals surface area contributed by atoms with Gasteiger partial charge >= 0.3 is 0 Å². The largest absolute Gasteiger partial charge is 0.384 e. The van der Waals surface area contributed by atoms with Crippen LogP contribution in [0.1, 0.15) is 5.56 Å². The van der Waals surface area contributed by atoms with Gasteiger partial charge in [-0.15, -0.1) is 0 Å². The molecule has 0 bridgehead atoms. The molecule has 0 radical (unpaired) electrons. The summed E-state index contributed by atoms with van der Waals surface area (Å²) in [6, 6.07) is 7.79. The molecule has 0 saturated carbocycles. The van der Waals surface area contributed by atoms with Crippen LogP contribution in [0.2, 0.25) is 0 Å². The second-order valence-corrected chi connectivity index (χ2v) is 4.81. The summed E-state index contributed by atoms with van der Waals surface area (Å²) in [7, 11) is 2.04. The summed E-state index contributed by atoms with van der Waals surface area (Å²) in [5, 5.41) is 7.62. The number of benzene rings is 1. The number of ether oxygens (including phenoxy) is 1. The standard InChI is InChI=1S/C14H22N4O/c1-17(6-7-18-8-10-19-11-9-18)13-5-3-2-4-12(13)14(15)16/h2-5H,6-11H2,1H3,(H3,15,16). The van der Waals surface area contributed by atoms with Crippen LogP contribution < -0.4 is 10.6 Å². The van der Waals surface area contributed by atoms with Crippen molar-refractivity contribution in [3.63, 3.8) is 0 Å². The molecule has 0 spiro atoms. The van der Waals surface area contributed by atoms with Crippen molar-refractivity contribution in [2.24, 2.45) is 5.73 Å². The van der Waals surface area contributed by atoms with E-state index in [2.05, 4.69) is 9.80 Å². The monoisotopic (exact) mass is 262 g/mol. The number of hydrogen-bond acceptors (Lipinski definition) is 4. The number of nitrogens with zero attached hydrogens (tertiary/aromatic N) is 2. The number of likely N-dealkylation sites (N-methyl/N-ethyl adjacent to an activating group) is 1. The molecule has 1 aromatic rings. The minimum absolute atomic E-state index is 0.119. The lowest BCUT2D eigenvalue weighted by atomic mass is 10.1. The van der Waals surface area contributed by atoms with Gasteiger partial charge in [0, 0.05) is 44.5 Å². The van der Waals surface area contributed by atoms with Crippen LogP contribution in [0, 0.1) is 5.41 Å². The van der Waals surface area contributed by atoms with E-state index in [1.165, 1.54) is 0 Å². The fraction of sp³-hybridized carbons (Fsp3) is 0.500. The predicted molar refractivity (Wildman–Crippen MR) is 78.0 cm³/mol. The normalized spacial score (nSPS) is 16.3. The molecule has 1 aliphatic rings. The summed E-state index contributed by atoms with van der Waals surface area (Å²) in [5.74, 6) is 0.119. The number of para-hydroxylation sites is 1. The minimum atomic E-state index is 0.119. The number of rotatable bonds is 5. The molecule has 1 aromatic carbocycles. The van der Waals surface area contributed by atoms with Crippen LogP contribution in [0.4, 0.5) is 5.69 Å². The van der Waals surface area contributed by atoms with Gasteiger partial charge in [0.2, 0.25) is 0 Å². The highest BCUT2D eigenvalue weighted by molar-refractivity contribution is 6.00. The van der Waals surface area contributed by atoms with Crippen LogP contribution in [0.5, 0.6) is 0 Å². The van der Waals surface area contributed by atoms with E-state index in [0.717, 1.165) is 50.6 Å².